The molecule has 0 aliphatic carbocycles. The molecule has 1 aromatic carbocycles. The number of rotatable bonds is 3. The molecule has 0 saturated carbocycles. The van der Waals surface area contributed by atoms with Crippen molar-refractivity contribution in [3.63, 3.8) is 0 Å². The first-order valence-corrected chi connectivity index (χ1v) is 7.97. The quantitative estimate of drug-likeness (QED) is 0.866. The molecule has 0 fully saturated rings. The number of methoxy groups -OCH3 is 1. The lowest BCUT2D eigenvalue weighted by Crippen LogP contribution is -2.35. The van der Waals surface area contributed by atoms with Crippen molar-refractivity contribution in [2.75, 3.05) is 26.8 Å². The number of ether oxygens (including phenoxy) is 1. The third-order valence-electron chi connectivity index (χ3n) is 4.27. The predicted octanol–water partition coefficient (Wildman–Crippen LogP) is 2.16. The van der Waals surface area contributed by atoms with E-state index in [4.69, 9.17) is 4.74 Å². The lowest BCUT2D eigenvalue weighted by Gasteiger charge is -2.19. The van der Waals surface area contributed by atoms with Crippen molar-refractivity contribution in [2.45, 2.75) is 19.8 Å². The van der Waals surface area contributed by atoms with Gasteiger partial charge in [-0.1, -0.05) is 0 Å². The highest BCUT2D eigenvalue weighted by molar-refractivity contribution is 5.77. The fraction of sp³-hybridized carbons (Fsp3) is 0.389. The Bertz CT molecular complexity index is 747. The van der Waals surface area contributed by atoms with E-state index in [1.54, 1.807) is 12.1 Å². The molecule has 2 heterocycles. The van der Waals surface area contributed by atoms with Crippen molar-refractivity contribution in [1.82, 2.24) is 14.9 Å². The fourth-order valence-electron chi connectivity index (χ4n) is 2.98. The average molecular weight is 329 g/mol. The van der Waals surface area contributed by atoms with Gasteiger partial charge in [0.25, 0.3) is 0 Å². The Morgan fingerprint density at radius 2 is 1.92 bits per heavy atom. The van der Waals surface area contributed by atoms with Gasteiger partial charge >= 0.3 is 0 Å². The molecule has 0 saturated heterocycles. The number of fused-ring (bicyclic) bond motifs is 1. The normalized spacial score (nSPS) is 14.2. The zero-order valence-corrected chi connectivity index (χ0v) is 13.9. The summed E-state index contributed by atoms with van der Waals surface area (Å²) in [6.45, 7) is 3.33. The Morgan fingerprint density at radius 1 is 1.21 bits per heavy atom. The summed E-state index contributed by atoms with van der Waals surface area (Å²) in [6, 6.07) is 6.18. The number of nitrogens with zero attached hydrogens (tertiary/aromatic N) is 3. The minimum Gasteiger partial charge on any atom is -0.375 e. The van der Waals surface area contributed by atoms with Crippen molar-refractivity contribution in [1.29, 1.82) is 0 Å². The number of carbonyl (C=O) groups is 1. The van der Waals surface area contributed by atoms with E-state index in [1.165, 1.54) is 19.2 Å². The molecule has 0 unspecified atom stereocenters. The van der Waals surface area contributed by atoms with Crippen LogP contribution in [0.3, 0.4) is 0 Å². The van der Waals surface area contributed by atoms with Gasteiger partial charge in [-0.25, -0.2) is 14.4 Å². The SMILES string of the molecule is COCC(=O)N1CCc2nc(-c3ccc(F)cc3)nc(C)c2CC1. The molecule has 0 atom stereocenters. The van der Waals surface area contributed by atoms with Crippen LogP contribution in [-0.4, -0.2) is 47.6 Å². The molecule has 1 aromatic heterocycles. The van der Waals surface area contributed by atoms with E-state index in [0.717, 1.165) is 28.9 Å². The van der Waals surface area contributed by atoms with Crippen LogP contribution >= 0.6 is 0 Å². The Kier molecular flexibility index (Phi) is 4.85. The van der Waals surface area contributed by atoms with E-state index >= 15 is 0 Å². The zero-order chi connectivity index (χ0) is 17.1. The summed E-state index contributed by atoms with van der Waals surface area (Å²) in [6.07, 6.45) is 1.42. The van der Waals surface area contributed by atoms with Crippen molar-refractivity contribution in [3.8, 4) is 11.4 Å². The molecular formula is C18H20FN3O2. The van der Waals surface area contributed by atoms with E-state index in [0.29, 0.717) is 25.3 Å². The second kappa shape index (κ2) is 7.05. The van der Waals surface area contributed by atoms with E-state index in [1.807, 2.05) is 11.8 Å². The maximum atomic E-state index is 13.1. The Morgan fingerprint density at radius 3 is 2.62 bits per heavy atom. The smallest absolute Gasteiger partial charge is 0.248 e. The maximum absolute atomic E-state index is 13.1. The predicted molar refractivity (Wildman–Crippen MR) is 88.0 cm³/mol. The third-order valence-corrected chi connectivity index (χ3v) is 4.27. The number of halogens is 1. The second-order valence-corrected chi connectivity index (χ2v) is 5.88. The van der Waals surface area contributed by atoms with Gasteiger partial charge in [0.05, 0.1) is 0 Å². The van der Waals surface area contributed by atoms with Crippen molar-refractivity contribution in [2.24, 2.45) is 0 Å². The van der Waals surface area contributed by atoms with Crippen LogP contribution < -0.4 is 0 Å². The molecule has 1 amide bonds. The Labute approximate surface area is 140 Å². The minimum absolute atomic E-state index is 0.00493. The zero-order valence-electron chi connectivity index (χ0n) is 13.9. The number of hydrogen-bond acceptors (Lipinski definition) is 4. The molecule has 0 radical (unpaired) electrons. The molecule has 6 heteroatoms. The lowest BCUT2D eigenvalue weighted by atomic mass is 10.1. The van der Waals surface area contributed by atoms with E-state index in [2.05, 4.69) is 9.97 Å². The molecule has 3 rings (SSSR count). The van der Waals surface area contributed by atoms with Crippen molar-refractivity contribution in [3.05, 3.63) is 47.0 Å². The van der Waals surface area contributed by atoms with Crippen LogP contribution in [0.5, 0.6) is 0 Å². The minimum atomic E-state index is -0.280. The maximum Gasteiger partial charge on any atom is 0.248 e. The molecule has 24 heavy (non-hydrogen) atoms. The van der Waals surface area contributed by atoms with Crippen LogP contribution in [-0.2, 0) is 22.4 Å². The van der Waals surface area contributed by atoms with Crippen LogP contribution in [0.4, 0.5) is 4.39 Å². The van der Waals surface area contributed by atoms with Gasteiger partial charge in [0, 0.05) is 43.6 Å². The third kappa shape index (κ3) is 3.43. The van der Waals surface area contributed by atoms with Gasteiger partial charge in [-0.15, -0.1) is 0 Å². The Balaban J connectivity index is 1.87. The van der Waals surface area contributed by atoms with E-state index in [9.17, 15) is 9.18 Å². The highest BCUT2D eigenvalue weighted by Gasteiger charge is 2.21. The fourth-order valence-corrected chi connectivity index (χ4v) is 2.98. The number of aromatic nitrogens is 2. The first kappa shape index (κ1) is 16.5. The summed E-state index contributed by atoms with van der Waals surface area (Å²) < 4.78 is 18.0. The summed E-state index contributed by atoms with van der Waals surface area (Å²) in [5.74, 6) is 0.315. The molecule has 126 valence electrons. The van der Waals surface area contributed by atoms with Gasteiger partial charge in [0.15, 0.2) is 5.82 Å². The van der Waals surface area contributed by atoms with E-state index in [-0.39, 0.29) is 18.3 Å². The molecule has 1 aliphatic heterocycles. The lowest BCUT2D eigenvalue weighted by molar-refractivity contribution is -0.135. The summed E-state index contributed by atoms with van der Waals surface area (Å²) in [5.41, 5.74) is 3.78. The molecule has 5 nitrogen and oxygen atoms in total. The van der Waals surface area contributed by atoms with Crippen LogP contribution in [0.1, 0.15) is 17.0 Å². The highest BCUT2D eigenvalue weighted by atomic mass is 19.1. The van der Waals surface area contributed by atoms with E-state index < -0.39 is 0 Å². The molecule has 0 N–H and O–H groups in total. The highest BCUT2D eigenvalue weighted by Crippen LogP contribution is 2.22. The molecule has 2 aromatic rings. The summed E-state index contributed by atoms with van der Waals surface area (Å²) in [5, 5.41) is 0. The summed E-state index contributed by atoms with van der Waals surface area (Å²) >= 11 is 0. The monoisotopic (exact) mass is 329 g/mol. The summed E-state index contributed by atoms with van der Waals surface area (Å²) in [4.78, 5) is 23.1. The van der Waals surface area contributed by atoms with Crippen LogP contribution in [0.25, 0.3) is 11.4 Å². The largest absolute Gasteiger partial charge is 0.375 e. The van der Waals surface area contributed by atoms with Crippen LogP contribution in [0, 0.1) is 12.7 Å². The van der Waals surface area contributed by atoms with Gasteiger partial charge in [-0.3, -0.25) is 4.79 Å². The number of hydrogen-bond donors (Lipinski definition) is 0. The van der Waals surface area contributed by atoms with Crippen molar-refractivity contribution >= 4 is 5.91 Å². The first-order chi connectivity index (χ1) is 11.6. The molecule has 1 aliphatic rings. The molecule has 0 bridgehead atoms. The standard InChI is InChI=1S/C18H20FN3O2/c1-12-15-7-9-22(17(23)11-24-2)10-8-16(15)21-18(20-12)13-3-5-14(19)6-4-13/h3-6H,7-11H2,1-2H3. The molecular weight excluding hydrogens is 309 g/mol. The van der Waals surface area contributed by atoms with Crippen LogP contribution in [0.2, 0.25) is 0 Å². The topological polar surface area (TPSA) is 55.3 Å². The number of carbonyl (C=O) groups excluding carboxylic acids is 1. The number of amides is 1. The second-order valence-electron chi connectivity index (χ2n) is 5.88. The first-order valence-electron chi connectivity index (χ1n) is 7.97. The van der Waals surface area contributed by atoms with Gasteiger partial charge in [0.2, 0.25) is 5.91 Å². The average Bonchev–Trinajstić information content (AvgIpc) is 2.79. The van der Waals surface area contributed by atoms with Crippen LogP contribution in [0.15, 0.2) is 24.3 Å². The van der Waals surface area contributed by atoms with Gasteiger partial charge < -0.3 is 9.64 Å². The van der Waals surface area contributed by atoms with Gasteiger partial charge in [-0.2, -0.15) is 0 Å². The number of benzene rings is 1. The van der Waals surface area contributed by atoms with Gasteiger partial charge in [-0.05, 0) is 43.2 Å². The van der Waals surface area contributed by atoms with Gasteiger partial charge in [0.1, 0.15) is 12.4 Å². The Hall–Kier alpha value is -2.34. The number of aryl methyl sites for hydroxylation is 1. The van der Waals surface area contributed by atoms with Crippen molar-refractivity contribution < 1.29 is 13.9 Å². The summed E-state index contributed by atoms with van der Waals surface area (Å²) in [7, 11) is 1.52. The molecule has 0 spiro atoms.